The Labute approximate surface area is 262 Å². The van der Waals surface area contributed by atoms with Crippen LogP contribution in [-0.4, -0.2) is 81.1 Å². The second kappa shape index (κ2) is 12.9. The number of hydrogen-bond acceptors (Lipinski definition) is 9. The van der Waals surface area contributed by atoms with Crippen LogP contribution in [0.4, 0.5) is 9.18 Å². The highest BCUT2D eigenvalue weighted by Crippen LogP contribution is 2.45. The maximum absolute atomic E-state index is 14.0. The molecule has 1 aromatic carbocycles. The fourth-order valence-electron chi connectivity index (χ4n) is 5.52. The molecule has 1 unspecified atom stereocenters. The number of ether oxygens (including phenoxy) is 1. The lowest BCUT2D eigenvalue weighted by atomic mass is 9.80. The van der Waals surface area contributed by atoms with Crippen molar-refractivity contribution in [1.29, 1.82) is 0 Å². The van der Waals surface area contributed by atoms with E-state index >= 15 is 0 Å². The van der Waals surface area contributed by atoms with Gasteiger partial charge in [-0.1, -0.05) is 17.7 Å². The van der Waals surface area contributed by atoms with Crippen molar-refractivity contribution < 1.29 is 42.1 Å². The van der Waals surface area contributed by atoms with Gasteiger partial charge in [-0.2, -0.15) is 4.31 Å². The molecule has 0 radical (unpaired) electrons. The molecule has 12 nitrogen and oxygen atoms in total. The van der Waals surface area contributed by atoms with E-state index in [1.807, 2.05) is 0 Å². The Kier molecular flexibility index (Phi) is 9.83. The maximum atomic E-state index is 14.0. The number of sulfonamides is 1. The number of rotatable bonds is 8. The van der Waals surface area contributed by atoms with E-state index in [0.29, 0.717) is 0 Å². The quantitative estimate of drug-likeness (QED) is 0.371. The van der Waals surface area contributed by atoms with Crippen LogP contribution in [0, 0.1) is 11.7 Å². The first-order valence-electron chi connectivity index (χ1n) is 13.6. The molecule has 1 amide bonds. The number of carboxylic acid groups (broad SMARTS) is 2. The van der Waals surface area contributed by atoms with Gasteiger partial charge < -0.3 is 14.9 Å². The molecular formula is C28H32ClFN4O8S2. The highest BCUT2D eigenvalue weighted by atomic mass is 35.5. The van der Waals surface area contributed by atoms with Crippen molar-refractivity contribution in [1.82, 2.24) is 14.2 Å². The van der Waals surface area contributed by atoms with E-state index in [-0.39, 0.29) is 58.4 Å². The number of amidine groups is 1. The van der Waals surface area contributed by atoms with Crippen molar-refractivity contribution in [2.24, 2.45) is 10.9 Å². The summed E-state index contributed by atoms with van der Waals surface area (Å²) in [6.45, 7) is 4.56. The predicted octanol–water partition coefficient (Wildman–Crippen LogP) is 4.92. The normalized spacial score (nSPS) is 21.3. The maximum Gasteiger partial charge on any atom is 0.413 e. The number of carbonyl (C=O) groups excluding carboxylic acids is 1. The van der Waals surface area contributed by atoms with Crippen LogP contribution < -0.4 is 0 Å². The predicted molar refractivity (Wildman–Crippen MR) is 160 cm³/mol. The van der Waals surface area contributed by atoms with Gasteiger partial charge in [0, 0.05) is 28.6 Å². The van der Waals surface area contributed by atoms with E-state index in [2.05, 4.69) is 9.98 Å². The van der Waals surface area contributed by atoms with Gasteiger partial charge in [-0.25, -0.2) is 37.3 Å². The van der Waals surface area contributed by atoms with Gasteiger partial charge in [-0.15, -0.1) is 11.3 Å². The molecule has 2 aliphatic rings. The molecule has 44 heavy (non-hydrogen) atoms. The Bertz CT molecular complexity index is 1610. The van der Waals surface area contributed by atoms with Crippen LogP contribution in [0.25, 0.3) is 0 Å². The summed E-state index contributed by atoms with van der Waals surface area (Å²) >= 11 is 7.46. The second-order valence-electron chi connectivity index (χ2n) is 11.5. The molecule has 2 N–H and O–H groups in total. The number of nitrogens with zero attached hydrogens (tertiary/aromatic N) is 4. The van der Waals surface area contributed by atoms with Crippen LogP contribution in [0.5, 0.6) is 0 Å². The number of aliphatic carboxylic acids is 1. The van der Waals surface area contributed by atoms with E-state index in [4.69, 9.17) is 16.3 Å². The monoisotopic (exact) mass is 670 g/mol. The first kappa shape index (κ1) is 33.5. The van der Waals surface area contributed by atoms with E-state index in [0.717, 1.165) is 38.9 Å². The molecule has 1 fully saturated rings. The zero-order chi connectivity index (χ0) is 32.6. The number of carbonyl (C=O) groups is 3. The molecule has 1 aromatic heterocycles. The van der Waals surface area contributed by atoms with Crippen molar-refractivity contribution in [3.8, 4) is 0 Å². The van der Waals surface area contributed by atoms with Crippen molar-refractivity contribution in [3.63, 3.8) is 0 Å². The fraction of sp³-hybridized carbons (Fsp3) is 0.464. The Morgan fingerprint density at radius 3 is 2.34 bits per heavy atom. The van der Waals surface area contributed by atoms with Crippen molar-refractivity contribution >= 4 is 56.8 Å². The number of amides is 1. The molecule has 1 saturated carbocycles. The number of thiazole rings is 1. The highest BCUT2D eigenvalue weighted by Gasteiger charge is 2.45. The lowest BCUT2D eigenvalue weighted by Crippen LogP contribution is -2.47. The van der Waals surface area contributed by atoms with Gasteiger partial charge in [-0.05, 0) is 64.2 Å². The first-order chi connectivity index (χ1) is 20.5. The second-order valence-corrected chi connectivity index (χ2v) is 14.7. The number of esters is 1. The zero-order valence-corrected chi connectivity index (χ0v) is 26.7. The van der Waals surface area contributed by atoms with E-state index in [1.54, 1.807) is 26.2 Å². The van der Waals surface area contributed by atoms with Crippen LogP contribution in [0.2, 0.25) is 5.02 Å². The smallest absolute Gasteiger partial charge is 0.413 e. The van der Waals surface area contributed by atoms with Crippen molar-refractivity contribution in [2.45, 2.75) is 64.1 Å². The van der Waals surface area contributed by atoms with Crippen LogP contribution in [0.1, 0.15) is 63.1 Å². The van der Waals surface area contributed by atoms with Crippen LogP contribution in [-0.2, 0) is 24.3 Å². The molecule has 2 heterocycles. The van der Waals surface area contributed by atoms with E-state index in [9.17, 15) is 37.4 Å². The summed E-state index contributed by atoms with van der Waals surface area (Å²) in [6.07, 6.45) is 2.04. The topological polar surface area (TPSA) is 167 Å². The summed E-state index contributed by atoms with van der Waals surface area (Å²) < 4.78 is 45.8. The molecule has 0 saturated heterocycles. The third-order valence-electron chi connectivity index (χ3n) is 7.20. The van der Waals surface area contributed by atoms with Crippen molar-refractivity contribution in [3.05, 3.63) is 62.5 Å². The number of benzene rings is 1. The van der Waals surface area contributed by atoms with E-state index < -0.39 is 64.0 Å². The van der Waals surface area contributed by atoms with Gasteiger partial charge in [0.15, 0.2) is 10.8 Å². The Balaban J connectivity index is 1.76. The molecule has 238 valence electrons. The van der Waals surface area contributed by atoms with Gasteiger partial charge in [0.1, 0.15) is 24.0 Å². The molecule has 4 rings (SSSR count). The Morgan fingerprint density at radius 2 is 1.84 bits per heavy atom. The Morgan fingerprint density at radius 1 is 1.18 bits per heavy atom. The molecule has 2 aromatic rings. The molecule has 1 atom stereocenters. The van der Waals surface area contributed by atoms with Crippen LogP contribution in [0.15, 0.2) is 46.0 Å². The molecule has 0 spiro atoms. The molecule has 1 aliphatic carbocycles. The van der Waals surface area contributed by atoms with Gasteiger partial charge in [0.05, 0.1) is 17.5 Å². The molecule has 16 heteroatoms. The first-order valence-corrected chi connectivity index (χ1v) is 16.7. The summed E-state index contributed by atoms with van der Waals surface area (Å²) in [4.78, 5) is 47.6. The van der Waals surface area contributed by atoms with Gasteiger partial charge in [0.25, 0.3) is 0 Å². The number of hydrogen-bond donors (Lipinski definition) is 2. The molecule has 0 bridgehead atoms. The zero-order valence-electron chi connectivity index (χ0n) is 24.4. The largest absolute Gasteiger partial charge is 0.478 e. The summed E-state index contributed by atoms with van der Waals surface area (Å²) in [5.41, 5.74) is -1.01. The fourth-order valence-corrected chi connectivity index (χ4v) is 7.50. The van der Waals surface area contributed by atoms with Crippen molar-refractivity contribution in [2.75, 3.05) is 12.8 Å². The SMILES string of the molecule is CC(C)(C)OC(=O)CN(C1CCC(C2=C(C(=O)O)C(c3ccc(F)cc3Cl)N(C(=O)O)C(c3nccs3)=N2)CC1)S(C)(=O)=O. The van der Waals surface area contributed by atoms with Gasteiger partial charge in [-0.3, -0.25) is 4.79 Å². The average molecular weight is 671 g/mol. The van der Waals surface area contributed by atoms with Crippen LogP contribution >= 0.6 is 22.9 Å². The van der Waals surface area contributed by atoms with E-state index in [1.165, 1.54) is 12.3 Å². The minimum atomic E-state index is -3.82. The minimum absolute atomic E-state index is 0.0450. The standard InChI is InChI=1S/C28H32ClFN4O8S2/c1-28(2,3)42-20(35)14-33(44(4,40)41)17-8-5-15(6-9-17)22-21(26(36)37)23(18-10-7-16(30)13-19(18)29)34(27(38)39)24(32-22)25-31-11-12-43-25/h7,10-13,15,17,23H,5-6,8-9,14H2,1-4H3,(H,36,37)(H,38,39). The third kappa shape index (κ3) is 7.45. The summed E-state index contributed by atoms with van der Waals surface area (Å²) in [5.74, 6) is -3.45. The molecular weight excluding hydrogens is 639 g/mol. The summed E-state index contributed by atoms with van der Waals surface area (Å²) in [6, 6.07) is 1.22. The average Bonchev–Trinajstić information content (AvgIpc) is 3.44. The number of halogens is 2. The summed E-state index contributed by atoms with van der Waals surface area (Å²) in [7, 11) is -3.82. The minimum Gasteiger partial charge on any atom is -0.478 e. The number of aliphatic imine (C=N–C) groups is 1. The Hall–Kier alpha value is -3.40. The summed E-state index contributed by atoms with van der Waals surface area (Å²) in [5, 5.41) is 22.4. The lowest BCUT2D eigenvalue weighted by Gasteiger charge is -2.39. The highest BCUT2D eigenvalue weighted by molar-refractivity contribution is 7.88. The number of aromatic nitrogens is 1. The number of allylic oxidation sites excluding steroid dienone is 1. The number of carboxylic acids is 1. The lowest BCUT2D eigenvalue weighted by molar-refractivity contribution is -0.155. The molecule has 1 aliphatic heterocycles. The van der Waals surface area contributed by atoms with Gasteiger partial charge in [0.2, 0.25) is 10.0 Å². The van der Waals surface area contributed by atoms with Gasteiger partial charge >= 0.3 is 18.0 Å². The van der Waals surface area contributed by atoms with Crippen LogP contribution in [0.3, 0.4) is 0 Å². The third-order valence-corrected chi connectivity index (χ3v) is 9.58.